The lowest BCUT2D eigenvalue weighted by Crippen LogP contribution is -2.43. The van der Waals surface area contributed by atoms with E-state index in [0.29, 0.717) is 19.0 Å². The van der Waals surface area contributed by atoms with Crippen LogP contribution < -0.4 is 10.6 Å². The Balaban J connectivity index is 1.43. The van der Waals surface area contributed by atoms with Crippen LogP contribution in [0.4, 0.5) is 4.79 Å². The summed E-state index contributed by atoms with van der Waals surface area (Å²) >= 11 is 0. The number of urea groups is 1. The lowest BCUT2D eigenvalue weighted by molar-refractivity contribution is -0.130. The zero-order valence-corrected chi connectivity index (χ0v) is 16.4. The number of rotatable bonds is 8. The summed E-state index contributed by atoms with van der Waals surface area (Å²) in [5.74, 6) is 0.509. The summed E-state index contributed by atoms with van der Waals surface area (Å²) in [7, 11) is 1.79. The highest BCUT2D eigenvalue weighted by atomic mass is 16.2. The van der Waals surface area contributed by atoms with Crippen LogP contribution in [-0.2, 0) is 11.3 Å². The van der Waals surface area contributed by atoms with Crippen molar-refractivity contribution in [2.24, 2.45) is 5.92 Å². The maximum Gasteiger partial charge on any atom is 0.315 e. The molecule has 2 N–H and O–H groups in total. The third kappa shape index (κ3) is 5.59. The van der Waals surface area contributed by atoms with E-state index in [1.165, 1.54) is 6.42 Å². The van der Waals surface area contributed by atoms with Crippen LogP contribution in [-0.4, -0.2) is 30.4 Å². The lowest BCUT2D eigenvalue weighted by atomic mass is 9.77. The average Bonchev–Trinajstić information content (AvgIpc) is 2.67. The van der Waals surface area contributed by atoms with Gasteiger partial charge < -0.3 is 15.5 Å². The number of benzene rings is 2. The molecule has 5 nitrogen and oxygen atoms in total. The van der Waals surface area contributed by atoms with Crippen molar-refractivity contribution in [3.05, 3.63) is 71.8 Å². The maximum absolute atomic E-state index is 12.4. The Labute approximate surface area is 167 Å². The van der Waals surface area contributed by atoms with E-state index in [9.17, 15) is 9.59 Å². The van der Waals surface area contributed by atoms with Gasteiger partial charge in [-0.2, -0.15) is 0 Å². The molecule has 2 aromatic carbocycles. The first-order valence-corrected chi connectivity index (χ1v) is 10.0. The van der Waals surface area contributed by atoms with Crippen molar-refractivity contribution in [2.75, 3.05) is 13.6 Å². The first-order chi connectivity index (χ1) is 13.6. The normalized spacial score (nSPS) is 14.6. The molecule has 0 spiro atoms. The molecule has 3 rings (SSSR count). The summed E-state index contributed by atoms with van der Waals surface area (Å²) in [5.41, 5.74) is 2.23. The van der Waals surface area contributed by atoms with Crippen LogP contribution >= 0.6 is 0 Å². The largest absolute Gasteiger partial charge is 0.341 e. The third-order valence-corrected chi connectivity index (χ3v) is 5.38. The molecule has 3 amide bonds. The Morgan fingerprint density at radius 3 is 2.29 bits per heavy atom. The van der Waals surface area contributed by atoms with Gasteiger partial charge in [-0.25, -0.2) is 4.79 Å². The Morgan fingerprint density at radius 2 is 1.68 bits per heavy atom. The van der Waals surface area contributed by atoms with Crippen molar-refractivity contribution >= 4 is 11.9 Å². The highest BCUT2D eigenvalue weighted by Gasteiger charge is 2.29. The SMILES string of the molecule is CN(Cc1ccccc1)C(=O)CCNC(=O)NC(c1ccccc1)C1CCC1. The van der Waals surface area contributed by atoms with Gasteiger partial charge in [-0.15, -0.1) is 0 Å². The van der Waals surface area contributed by atoms with E-state index < -0.39 is 0 Å². The molecule has 5 heteroatoms. The first-order valence-electron chi connectivity index (χ1n) is 10.0. The maximum atomic E-state index is 12.4. The van der Waals surface area contributed by atoms with Gasteiger partial charge in [0.2, 0.25) is 5.91 Å². The van der Waals surface area contributed by atoms with Crippen LogP contribution in [0.2, 0.25) is 0 Å². The minimum Gasteiger partial charge on any atom is -0.341 e. The van der Waals surface area contributed by atoms with E-state index >= 15 is 0 Å². The minimum absolute atomic E-state index is 0.0164. The van der Waals surface area contributed by atoms with Crippen molar-refractivity contribution < 1.29 is 9.59 Å². The lowest BCUT2D eigenvalue weighted by Gasteiger charge is -2.34. The smallest absolute Gasteiger partial charge is 0.315 e. The van der Waals surface area contributed by atoms with E-state index in [4.69, 9.17) is 0 Å². The molecule has 28 heavy (non-hydrogen) atoms. The van der Waals surface area contributed by atoms with Gasteiger partial charge in [0.05, 0.1) is 6.04 Å². The Hall–Kier alpha value is -2.82. The molecule has 1 aliphatic carbocycles. The third-order valence-electron chi connectivity index (χ3n) is 5.38. The molecule has 0 bridgehead atoms. The van der Waals surface area contributed by atoms with E-state index in [1.54, 1.807) is 11.9 Å². The van der Waals surface area contributed by atoms with Crippen LogP contribution in [0.5, 0.6) is 0 Å². The topological polar surface area (TPSA) is 61.4 Å². The van der Waals surface area contributed by atoms with E-state index in [1.807, 2.05) is 48.5 Å². The Morgan fingerprint density at radius 1 is 1.04 bits per heavy atom. The van der Waals surface area contributed by atoms with Crippen LogP contribution in [0.3, 0.4) is 0 Å². The van der Waals surface area contributed by atoms with Crippen LogP contribution in [0.1, 0.15) is 42.9 Å². The van der Waals surface area contributed by atoms with E-state index in [-0.39, 0.29) is 24.4 Å². The molecule has 2 aromatic rings. The molecule has 1 aliphatic rings. The van der Waals surface area contributed by atoms with Gasteiger partial charge in [-0.3, -0.25) is 4.79 Å². The van der Waals surface area contributed by atoms with Crippen molar-refractivity contribution in [2.45, 2.75) is 38.3 Å². The highest BCUT2D eigenvalue weighted by Crippen LogP contribution is 2.37. The van der Waals surface area contributed by atoms with E-state index in [2.05, 4.69) is 22.8 Å². The molecule has 0 heterocycles. The molecule has 0 aromatic heterocycles. The fourth-order valence-electron chi connectivity index (χ4n) is 3.52. The number of amides is 3. The van der Waals surface area contributed by atoms with Crippen LogP contribution in [0.25, 0.3) is 0 Å². The molecule has 1 fully saturated rings. The summed E-state index contributed by atoms with van der Waals surface area (Å²) < 4.78 is 0. The summed E-state index contributed by atoms with van der Waals surface area (Å²) in [4.78, 5) is 26.3. The van der Waals surface area contributed by atoms with Gasteiger partial charge >= 0.3 is 6.03 Å². The zero-order chi connectivity index (χ0) is 19.8. The Bertz CT molecular complexity index is 760. The Kier molecular flexibility index (Phi) is 7.06. The second-order valence-electron chi connectivity index (χ2n) is 7.46. The molecular weight excluding hydrogens is 350 g/mol. The van der Waals surface area contributed by atoms with Gasteiger partial charge in [-0.1, -0.05) is 67.1 Å². The summed E-state index contributed by atoms with van der Waals surface area (Å²) in [5, 5.41) is 5.94. The van der Waals surface area contributed by atoms with Crippen molar-refractivity contribution in [3.63, 3.8) is 0 Å². The van der Waals surface area contributed by atoms with Crippen molar-refractivity contribution in [1.29, 1.82) is 0 Å². The number of carbonyl (C=O) groups is 2. The fourth-order valence-corrected chi connectivity index (χ4v) is 3.52. The highest BCUT2D eigenvalue weighted by molar-refractivity contribution is 5.78. The number of hydrogen-bond acceptors (Lipinski definition) is 2. The molecule has 1 saturated carbocycles. The minimum atomic E-state index is -0.209. The predicted octanol–water partition coefficient (Wildman–Crippen LogP) is 3.88. The van der Waals surface area contributed by atoms with Crippen LogP contribution in [0, 0.1) is 5.92 Å². The first kappa shape index (κ1) is 19.9. The summed E-state index contributed by atoms with van der Waals surface area (Å²) in [6.07, 6.45) is 3.79. The van der Waals surface area contributed by atoms with Crippen LogP contribution in [0.15, 0.2) is 60.7 Å². The molecule has 0 aliphatic heterocycles. The molecular formula is C23H29N3O2. The second kappa shape index (κ2) is 9.93. The molecule has 0 saturated heterocycles. The van der Waals surface area contributed by atoms with Gasteiger partial charge in [0, 0.05) is 26.6 Å². The van der Waals surface area contributed by atoms with Gasteiger partial charge in [-0.05, 0) is 29.9 Å². The fraction of sp³-hybridized carbons (Fsp3) is 0.391. The molecule has 148 valence electrons. The summed E-state index contributed by atoms with van der Waals surface area (Å²) in [6, 6.07) is 19.8. The average molecular weight is 380 g/mol. The van der Waals surface area contributed by atoms with Crippen molar-refractivity contribution in [3.8, 4) is 0 Å². The number of hydrogen-bond donors (Lipinski definition) is 2. The number of nitrogens with zero attached hydrogens (tertiary/aromatic N) is 1. The monoisotopic (exact) mass is 379 g/mol. The molecule has 1 unspecified atom stereocenters. The van der Waals surface area contributed by atoms with Crippen molar-refractivity contribution in [1.82, 2.24) is 15.5 Å². The quantitative estimate of drug-likeness (QED) is 0.731. The molecule has 1 atom stereocenters. The van der Waals surface area contributed by atoms with E-state index in [0.717, 1.165) is 24.0 Å². The number of nitrogens with one attached hydrogen (secondary N) is 2. The zero-order valence-electron chi connectivity index (χ0n) is 16.4. The number of carbonyl (C=O) groups excluding carboxylic acids is 2. The standard InChI is InChI=1S/C23H29N3O2/c1-26(17-18-9-4-2-5-10-18)21(27)15-16-24-23(28)25-22(20-13-8-14-20)19-11-6-3-7-12-19/h2-7,9-12,20,22H,8,13-17H2,1H3,(H2,24,25,28). The van der Waals surface area contributed by atoms with Gasteiger partial charge in [0.15, 0.2) is 0 Å². The van der Waals surface area contributed by atoms with Gasteiger partial charge in [0.25, 0.3) is 0 Å². The second-order valence-corrected chi connectivity index (χ2v) is 7.46. The van der Waals surface area contributed by atoms with Gasteiger partial charge in [0.1, 0.15) is 0 Å². The molecule has 0 radical (unpaired) electrons. The predicted molar refractivity (Wildman–Crippen MR) is 111 cm³/mol. The summed E-state index contributed by atoms with van der Waals surface area (Å²) in [6.45, 7) is 0.902.